The Kier molecular flexibility index (Phi) is 7.33. The molecule has 0 heterocycles. The number of aliphatic hydroxyl groups is 1. The molecule has 0 saturated heterocycles. The van der Waals surface area contributed by atoms with E-state index in [9.17, 15) is 5.11 Å². The number of hydrogen-bond donors (Lipinski definition) is 1. The molecule has 0 radical (unpaired) electrons. The molecule has 1 rings (SSSR count). The van der Waals surface area contributed by atoms with Crippen molar-refractivity contribution < 1.29 is 9.84 Å². The minimum atomic E-state index is 0.202. The van der Waals surface area contributed by atoms with Crippen molar-refractivity contribution in [1.29, 1.82) is 0 Å². The van der Waals surface area contributed by atoms with E-state index in [2.05, 4.69) is 13.8 Å². The molecular weight excluding hydrogens is 248 g/mol. The topological polar surface area (TPSA) is 29.5 Å². The van der Waals surface area contributed by atoms with Gasteiger partial charge in [0.25, 0.3) is 0 Å². The molecule has 1 atom stereocenters. The third-order valence-electron chi connectivity index (χ3n) is 2.82. The molecule has 3 heteroatoms. The van der Waals surface area contributed by atoms with Gasteiger partial charge in [0.15, 0.2) is 0 Å². The van der Waals surface area contributed by atoms with Crippen LogP contribution in [0.3, 0.4) is 0 Å². The SMILES string of the molecule is CC(C)COCCC(CO)Cc1ccc(Cl)cc1. The van der Waals surface area contributed by atoms with E-state index in [-0.39, 0.29) is 12.5 Å². The summed E-state index contributed by atoms with van der Waals surface area (Å²) in [7, 11) is 0. The first-order valence-corrected chi connectivity index (χ1v) is 6.92. The van der Waals surface area contributed by atoms with Crippen molar-refractivity contribution in [3.63, 3.8) is 0 Å². The highest BCUT2D eigenvalue weighted by Crippen LogP contribution is 2.15. The van der Waals surface area contributed by atoms with Gasteiger partial charge >= 0.3 is 0 Å². The summed E-state index contributed by atoms with van der Waals surface area (Å²) in [4.78, 5) is 0. The lowest BCUT2D eigenvalue weighted by molar-refractivity contribution is 0.0878. The molecule has 0 aliphatic heterocycles. The van der Waals surface area contributed by atoms with Crippen LogP contribution in [0.2, 0.25) is 5.02 Å². The van der Waals surface area contributed by atoms with Crippen molar-refractivity contribution in [2.45, 2.75) is 26.7 Å². The highest BCUT2D eigenvalue weighted by molar-refractivity contribution is 6.30. The first-order valence-electron chi connectivity index (χ1n) is 6.55. The standard InChI is InChI=1S/C15H23ClO2/c1-12(2)11-18-8-7-14(10-17)9-13-3-5-15(16)6-4-13/h3-6,12,14,17H,7-11H2,1-2H3. The van der Waals surface area contributed by atoms with Gasteiger partial charge < -0.3 is 9.84 Å². The van der Waals surface area contributed by atoms with E-state index in [1.54, 1.807) is 0 Å². The largest absolute Gasteiger partial charge is 0.396 e. The lowest BCUT2D eigenvalue weighted by Crippen LogP contribution is -2.14. The van der Waals surface area contributed by atoms with Crippen molar-refractivity contribution >= 4 is 11.6 Å². The van der Waals surface area contributed by atoms with Crippen LogP contribution in [0.15, 0.2) is 24.3 Å². The Labute approximate surface area is 115 Å². The average Bonchev–Trinajstić information content (AvgIpc) is 2.35. The summed E-state index contributed by atoms with van der Waals surface area (Å²) in [6.45, 7) is 5.98. The predicted molar refractivity (Wildman–Crippen MR) is 76.0 cm³/mol. The van der Waals surface area contributed by atoms with Crippen LogP contribution in [0.5, 0.6) is 0 Å². The van der Waals surface area contributed by atoms with Crippen molar-refractivity contribution in [2.24, 2.45) is 11.8 Å². The fourth-order valence-corrected chi connectivity index (χ4v) is 1.91. The Morgan fingerprint density at radius 3 is 2.44 bits per heavy atom. The third kappa shape index (κ3) is 6.39. The Hall–Kier alpha value is -0.570. The maximum atomic E-state index is 9.37. The highest BCUT2D eigenvalue weighted by Gasteiger charge is 2.09. The van der Waals surface area contributed by atoms with Crippen LogP contribution in [0.1, 0.15) is 25.8 Å². The second-order valence-electron chi connectivity index (χ2n) is 5.14. The Balaban J connectivity index is 2.30. The molecular formula is C15H23ClO2. The molecule has 0 aliphatic carbocycles. The molecule has 0 saturated carbocycles. The zero-order chi connectivity index (χ0) is 13.4. The van der Waals surface area contributed by atoms with Crippen LogP contribution in [-0.4, -0.2) is 24.9 Å². The van der Waals surface area contributed by atoms with E-state index < -0.39 is 0 Å². The molecule has 2 nitrogen and oxygen atoms in total. The summed E-state index contributed by atoms with van der Waals surface area (Å²) in [6, 6.07) is 7.81. The summed E-state index contributed by atoms with van der Waals surface area (Å²) in [5, 5.41) is 10.1. The molecule has 1 aromatic rings. The number of rotatable bonds is 8. The molecule has 0 bridgehead atoms. The van der Waals surface area contributed by atoms with Gasteiger partial charge in [-0.15, -0.1) is 0 Å². The van der Waals surface area contributed by atoms with Crippen LogP contribution in [-0.2, 0) is 11.2 Å². The summed E-state index contributed by atoms with van der Waals surface area (Å²) < 4.78 is 5.55. The van der Waals surface area contributed by atoms with Gasteiger partial charge in [-0.1, -0.05) is 37.6 Å². The Morgan fingerprint density at radius 1 is 1.22 bits per heavy atom. The highest BCUT2D eigenvalue weighted by atomic mass is 35.5. The van der Waals surface area contributed by atoms with Crippen LogP contribution < -0.4 is 0 Å². The van der Waals surface area contributed by atoms with Gasteiger partial charge in [0, 0.05) is 24.8 Å². The molecule has 1 N–H and O–H groups in total. The van der Waals surface area contributed by atoms with E-state index >= 15 is 0 Å². The number of ether oxygens (including phenoxy) is 1. The van der Waals surface area contributed by atoms with Gasteiger partial charge in [0.1, 0.15) is 0 Å². The number of halogens is 1. The van der Waals surface area contributed by atoms with Crippen molar-refractivity contribution in [3.8, 4) is 0 Å². The summed E-state index contributed by atoms with van der Waals surface area (Å²) in [5.74, 6) is 0.826. The lowest BCUT2D eigenvalue weighted by atomic mass is 9.97. The molecule has 102 valence electrons. The van der Waals surface area contributed by atoms with Gasteiger partial charge in [0.05, 0.1) is 0 Å². The average molecular weight is 271 g/mol. The molecule has 18 heavy (non-hydrogen) atoms. The van der Waals surface area contributed by atoms with E-state index in [4.69, 9.17) is 16.3 Å². The van der Waals surface area contributed by atoms with Crippen molar-refractivity contribution in [3.05, 3.63) is 34.9 Å². The zero-order valence-electron chi connectivity index (χ0n) is 11.2. The normalized spacial score (nSPS) is 12.9. The zero-order valence-corrected chi connectivity index (χ0v) is 12.0. The van der Waals surface area contributed by atoms with Gasteiger partial charge in [-0.05, 0) is 42.4 Å². The van der Waals surface area contributed by atoms with E-state index in [1.165, 1.54) is 5.56 Å². The second kappa shape index (κ2) is 8.52. The van der Waals surface area contributed by atoms with Crippen molar-refractivity contribution in [2.75, 3.05) is 19.8 Å². The summed E-state index contributed by atoms with van der Waals surface area (Å²) in [5.41, 5.74) is 1.21. The van der Waals surface area contributed by atoms with Crippen LogP contribution in [0.4, 0.5) is 0 Å². The molecule has 1 unspecified atom stereocenters. The van der Waals surface area contributed by atoms with Gasteiger partial charge in [-0.3, -0.25) is 0 Å². The van der Waals surface area contributed by atoms with E-state index in [0.29, 0.717) is 5.92 Å². The Bertz CT molecular complexity index is 322. The van der Waals surface area contributed by atoms with E-state index in [1.807, 2.05) is 24.3 Å². The number of aliphatic hydroxyl groups excluding tert-OH is 1. The summed E-state index contributed by atoms with van der Waals surface area (Å²) in [6.07, 6.45) is 1.77. The Morgan fingerprint density at radius 2 is 1.89 bits per heavy atom. The molecule has 0 aromatic heterocycles. The molecule has 0 spiro atoms. The fourth-order valence-electron chi connectivity index (χ4n) is 1.78. The van der Waals surface area contributed by atoms with Crippen LogP contribution in [0, 0.1) is 11.8 Å². The van der Waals surface area contributed by atoms with Crippen LogP contribution >= 0.6 is 11.6 Å². The number of hydrogen-bond acceptors (Lipinski definition) is 2. The van der Waals surface area contributed by atoms with Gasteiger partial charge in [0.2, 0.25) is 0 Å². The monoisotopic (exact) mass is 270 g/mol. The lowest BCUT2D eigenvalue weighted by Gasteiger charge is -2.15. The predicted octanol–water partition coefficient (Wildman–Crippen LogP) is 3.55. The van der Waals surface area contributed by atoms with Crippen molar-refractivity contribution in [1.82, 2.24) is 0 Å². The summed E-state index contributed by atoms with van der Waals surface area (Å²) >= 11 is 5.84. The smallest absolute Gasteiger partial charge is 0.0488 e. The third-order valence-corrected chi connectivity index (χ3v) is 3.07. The molecule has 1 aromatic carbocycles. The molecule has 0 amide bonds. The van der Waals surface area contributed by atoms with Gasteiger partial charge in [-0.25, -0.2) is 0 Å². The van der Waals surface area contributed by atoms with Gasteiger partial charge in [-0.2, -0.15) is 0 Å². The number of benzene rings is 1. The minimum Gasteiger partial charge on any atom is -0.396 e. The first-order chi connectivity index (χ1) is 8.61. The maximum Gasteiger partial charge on any atom is 0.0488 e. The fraction of sp³-hybridized carbons (Fsp3) is 0.600. The maximum absolute atomic E-state index is 9.37. The van der Waals surface area contributed by atoms with E-state index in [0.717, 1.165) is 31.1 Å². The quantitative estimate of drug-likeness (QED) is 0.732. The molecule has 0 fully saturated rings. The van der Waals surface area contributed by atoms with Crippen LogP contribution in [0.25, 0.3) is 0 Å². The minimum absolute atomic E-state index is 0.202. The molecule has 0 aliphatic rings. The first kappa shape index (κ1) is 15.5. The second-order valence-corrected chi connectivity index (χ2v) is 5.57.